The van der Waals surface area contributed by atoms with E-state index in [1.165, 1.54) is 13.0 Å². The summed E-state index contributed by atoms with van der Waals surface area (Å²) in [7, 11) is 1.68. The third-order valence-corrected chi connectivity index (χ3v) is 2.85. The van der Waals surface area contributed by atoms with Crippen LogP contribution in [0.15, 0.2) is 24.4 Å². The molecule has 1 N–H and O–H groups in total. The maximum absolute atomic E-state index is 12.9. The lowest BCUT2D eigenvalue weighted by atomic mass is 10.1. The molecule has 0 atom stereocenters. The summed E-state index contributed by atoms with van der Waals surface area (Å²) in [5.41, 5.74) is 0.749. The van der Waals surface area contributed by atoms with E-state index < -0.39 is 11.7 Å². The average molecular weight is 269 g/mol. The normalized spacial score (nSPS) is 11.7. The lowest BCUT2D eigenvalue weighted by molar-refractivity contribution is -0.138. The van der Waals surface area contributed by atoms with E-state index in [4.69, 9.17) is 0 Å². The minimum absolute atomic E-state index is 0.207. The van der Waals surface area contributed by atoms with Crippen LogP contribution in [0.1, 0.15) is 16.8 Å². The van der Waals surface area contributed by atoms with Gasteiger partial charge in [0, 0.05) is 18.9 Å². The summed E-state index contributed by atoms with van der Waals surface area (Å²) < 4.78 is 40.3. The van der Waals surface area contributed by atoms with Gasteiger partial charge in [-0.1, -0.05) is 6.07 Å². The van der Waals surface area contributed by atoms with Gasteiger partial charge in [0.15, 0.2) is 0 Å². The number of hydrogen-bond donors (Lipinski definition) is 1. The molecule has 6 heteroatoms. The Morgan fingerprint density at radius 3 is 2.47 bits per heavy atom. The third kappa shape index (κ3) is 2.57. The smallest absolute Gasteiger partial charge is 0.358 e. The summed E-state index contributed by atoms with van der Waals surface area (Å²) >= 11 is 0. The topological polar surface area (TPSA) is 29.9 Å². The summed E-state index contributed by atoms with van der Waals surface area (Å²) in [4.78, 5) is 4.19. The van der Waals surface area contributed by atoms with E-state index in [1.54, 1.807) is 30.8 Å². The van der Waals surface area contributed by atoms with Crippen molar-refractivity contribution >= 4 is 5.95 Å². The number of aromatic nitrogens is 2. The molecule has 3 nitrogen and oxygen atoms in total. The van der Waals surface area contributed by atoms with E-state index in [0.29, 0.717) is 11.6 Å². The van der Waals surface area contributed by atoms with Crippen molar-refractivity contribution in [2.45, 2.75) is 20.0 Å². The molecule has 2 aromatic rings. The molecule has 0 aliphatic carbocycles. The van der Waals surface area contributed by atoms with Gasteiger partial charge in [0.2, 0.25) is 5.95 Å². The molecule has 0 amide bonds. The second kappa shape index (κ2) is 4.60. The van der Waals surface area contributed by atoms with E-state index in [9.17, 15) is 13.2 Å². The summed E-state index contributed by atoms with van der Waals surface area (Å²) in [6, 6.07) is 4.25. The van der Waals surface area contributed by atoms with Crippen LogP contribution in [0.25, 0.3) is 5.69 Å². The highest BCUT2D eigenvalue weighted by Gasteiger charge is 2.32. The fourth-order valence-electron chi connectivity index (χ4n) is 1.94. The lowest BCUT2D eigenvalue weighted by Gasteiger charge is -2.13. The van der Waals surface area contributed by atoms with Gasteiger partial charge in [-0.05, 0) is 31.5 Å². The minimum atomic E-state index is -4.35. The zero-order valence-corrected chi connectivity index (χ0v) is 10.8. The van der Waals surface area contributed by atoms with Crippen LogP contribution in [-0.2, 0) is 6.18 Å². The number of nitrogens with zero attached hydrogens (tertiary/aromatic N) is 2. The highest BCUT2D eigenvalue weighted by atomic mass is 19.4. The van der Waals surface area contributed by atoms with E-state index >= 15 is 0 Å². The van der Waals surface area contributed by atoms with Crippen molar-refractivity contribution in [3.63, 3.8) is 0 Å². The van der Waals surface area contributed by atoms with Crippen molar-refractivity contribution in [1.29, 1.82) is 0 Å². The first-order valence-corrected chi connectivity index (χ1v) is 5.75. The van der Waals surface area contributed by atoms with Gasteiger partial charge >= 0.3 is 6.18 Å². The Hall–Kier alpha value is -1.98. The number of hydrogen-bond acceptors (Lipinski definition) is 2. The van der Waals surface area contributed by atoms with Gasteiger partial charge in [0.25, 0.3) is 0 Å². The third-order valence-electron chi connectivity index (χ3n) is 2.85. The van der Waals surface area contributed by atoms with E-state index in [1.807, 2.05) is 0 Å². The van der Waals surface area contributed by atoms with Crippen molar-refractivity contribution in [3.05, 3.63) is 41.2 Å². The summed E-state index contributed by atoms with van der Waals surface area (Å²) in [6.07, 6.45) is -2.66. The van der Waals surface area contributed by atoms with Gasteiger partial charge in [0.05, 0.1) is 11.3 Å². The molecule has 1 aromatic carbocycles. The van der Waals surface area contributed by atoms with Crippen LogP contribution in [0.4, 0.5) is 19.1 Å². The second-order valence-corrected chi connectivity index (χ2v) is 4.32. The van der Waals surface area contributed by atoms with Gasteiger partial charge in [-0.25, -0.2) is 4.98 Å². The average Bonchev–Trinajstić information content (AvgIpc) is 2.69. The lowest BCUT2D eigenvalue weighted by Crippen LogP contribution is -2.09. The molecule has 0 radical (unpaired) electrons. The summed E-state index contributed by atoms with van der Waals surface area (Å²) in [5.74, 6) is 0.509. The number of benzene rings is 1. The summed E-state index contributed by atoms with van der Waals surface area (Å²) in [6.45, 7) is 3.24. The van der Waals surface area contributed by atoms with E-state index in [-0.39, 0.29) is 5.56 Å². The number of rotatable bonds is 2. The predicted octanol–water partition coefficient (Wildman–Crippen LogP) is 3.55. The van der Waals surface area contributed by atoms with Crippen molar-refractivity contribution in [2.24, 2.45) is 0 Å². The van der Waals surface area contributed by atoms with Crippen molar-refractivity contribution < 1.29 is 13.2 Å². The number of nitrogens with one attached hydrogen (secondary N) is 1. The first-order valence-electron chi connectivity index (χ1n) is 5.75. The van der Waals surface area contributed by atoms with Crippen molar-refractivity contribution in [3.8, 4) is 5.69 Å². The molecule has 102 valence electrons. The fraction of sp³-hybridized carbons (Fsp3) is 0.308. The molecule has 0 spiro atoms. The predicted molar refractivity (Wildman–Crippen MR) is 67.6 cm³/mol. The molecule has 0 fully saturated rings. The van der Waals surface area contributed by atoms with Crippen LogP contribution in [0.5, 0.6) is 0 Å². The van der Waals surface area contributed by atoms with E-state index in [2.05, 4.69) is 10.3 Å². The molecular weight excluding hydrogens is 255 g/mol. The number of imidazole rings is 1. The number of alkyl halides is 3. The number of halogens is 3. The van der Waals surface area contributed by atoms with E-state index in [0.717, 1.165) is 11.8 Å². The maximum Gasteiger partial charge on any atom is 0.416 e. The van der Waals surface area contributed by atoms with Gasteiger partial charge in [-0.2, -0.15) is 13.2 Å². The van der Waals surface area contributed by atoms with Crippen LogP contribution >= 0.6 is 0 Å². The quantitative estimate of drug-likeness (QED) is 0.903. The highest BCUT2D eigenvalue weighted by molar-refractivity contribution is 5.47. The molecule has 2 rings (SSSR count). The second-order valence-electron chi connectivity index (χ2n) is 4.32. The Morgan fingerprint density at radius 1 is 1.21 bits per heavy atom. The zero-order valence-electron chi connectivity index (χ0n) is 10.8. The largest absolute Gasteiger partial charge is 0.416 e. The van der Waals surface area contributed by atoms with Crippen LogP contribution < -0.4 is 5.32 Å². The van der Waals surface area contributed by atoms with Gasteiger partial charge in [0.1, 0.15) is 0 Å². The van der Waals surface area contributed by atoms with Gasteiger partial charge in [-0.15, -0.1) is 0 Å². The van der Waals surface area contributed by atoms with Crippen LogP contribution in [0, 0.1) is 13.8 Å². The molecule has 0 bridgehead atoms. The zero-order chi connectivity index (χ0) is 14.2. The highest BCUT2D eigenvalue weighted by Crippen LogP contribution is 2.33. The SMILES string of the molecule is CNc1nc(C)cn1-c1ccc(C)c(C(F)(F)F)c1. The Kier molecular flexibility index (Phi) is 3.26. The molecule has 0 unspecified atom stereocenters. The standard InChI is InChI=1S/C13H14F3N3/c1-8-4-5-10(6-11(8)13(14,15)16)19-7-9(2)18-12(19)17-3/h4-7H,1-3H3,(H,17,18). The molecule has 0 saturated heterocycles. The van der Waals surface area contributed by atoms with Gasteiger partial charge in [-0.3, -0.25) is 4.57 Å². The Morgan fingerprint density at radius 2 is 1.89 bits per heavy atom. The van der Waals surface area contributed by atoms with Crippen LogP contribution in [0.2, 0.25) is 0 Å². The molecule has 1 aromatic heterocycles. The number of anilines is 1. The Balaban J connectivity index is 2.57. The van der Waals surface area contributed by atoms with Crippen LogP contribution in [0.3, 0.4) is 0 Å². The fourth-order valence-corrected chi connectivity index (χ4v) is 1.94. The first kappa shape index (κ1) is 13.5. The molecule has 19 heavy (non-hydrogen) atoms. The Bertz CT molecular complexity index is 600. The summed E-state index contributed by atoms with van der Waals surface area (Å²) in [5, 5.41) is 2.86. The van der Waals surface area contributed by atoms with Crippen LogP contribution in [-0.4, -0.2) is 16.6 Å². The monoisotopic (exact) mass is 269 g/mol. The van der Waals surface area contributed by atoms with Gasteiger partial charge < -0.3 is 5.32 Å². The Labute approximate surface area is 109 Å². The van der Waals surface area contributed by atoms with Crippen molar-refractivity contribution in [1.82, 2.24) is 9.55 Å². The maximum atomic E-state index is 12.9. The molecule has 0 aliphatic heterocycles. The molecule has 0 saturated carbocycles. The molecule has 1 heterocycles. The van der Waals surface area contributed by atoms with Crippen molar-refractivity contribution in [2.75, 3.05) is 12.4 Å². The minimum Gasteiger partial charge on any atom is -0.358 e. The number of aryl methyl sites for hydroxylation is 2. The molecular formula is C13H14F3N3. The molecule has 0 aliphatic rings. The first-order chi connectivity index (χ1) is 8.82.